The Morgan fingerprint density at radius 3 is 3.03 bits per heavy atom. The van der Waals surface area contributed by atoms with Gasteiger partial charge in [-0.3, -0.25) is 18.7 Å². The van der Waals surface area contributed by atoms with E-state index in [1.54, 1.807) is 16.9 Å². The van der Waals surface area contributed by atoms with Crippen LogP contribution < -0.4 is 10.6 Å². The molecule has 0 saturated heterocycles. The Morgan fingerprint density at radius 2 is 2.21 bits per heavy atom. The van der Waals surface area contributed by atoms with Crippen LogP contribution in [0, 0.1) is 0 Å². The second kappa shape index (κ2) is 6.74. The number of pyridine rings is 2. The smallest absolute Gasteiger partial charge is 0.258 e. The Labute approximate surface area is 169 Å². The normalized spacial score (nSPS) is 13.2. The van der Waals surface area contributed by atoms with Crippen LogP contribution in [0.2, 0.25) is 0 Å². The van der Waals surface area contributed by atoms with Crippen LogP contribution in [0.5, 0.6) is 0 Å². The third kappa shape index (κ3) is 3.13. The molecule has 1 aliphatic heterocycles. The minimum Gasteiger partial charge on any atom is -0.323 e. The summed E-state index contributed by atoms with van der Waals surface area (Å²) in [6.45, 7) is 0. The summed E-state index contributed by atoms with van der Waals surface area (Å²) in [5.41, 5.74) is 3.00. The van der Waals surface area contributed by atoms with E-state index in [1.165, 1.54) is 18.0 Å². The number of imidazole rings is 1. The van der Waals surface area contributed by atoms with Crippen molar-refractivity contribution < 1.29 is 9.59 Å². The van der Waals surface area contributed by atoms with E-state index in [-0.39, 0.29) is 11.8 Å². The van der Waals surface area contributed by atoms with Gasteiger partial charge in [0.1, 0.15) is 22.2 Å². The Hall–Kier alpha value is -3.66. The predicted molar refractivity (Wildman–Crippen MR) is 109 cm³/mol. The molecule has 5 heterocycles. The molecule has 0 radical (unpaired) electrons. The van der Waals surface area contributed by atoms with Crippen LogP contribution in [0.4, 0.5) is 11.5 Å². The van der Waals surface area contributed by atoms with E-state index in [2.05, 4.69) is 25.7 Å². The van der Waals surface area contributed by atoms with Crippen molar-refractivity contribution in [3.05, 3.63) is 54.6 Å². The molecule has 0 bridgehead atoms. The first-order valence-corrected chi connectivity index (χ1v) is 9.77. The zero-order valence-electron chi connectivity index (χ0n) is 15.3. The van der Waals surface area contributed by atoms with Crippen molar-refractivity contribution >= 4 is 40.7 Å². The van der Waals surface area contributed by atoms with E-state index >= 15 is 0 Å². The standard InChI is InChI=1S/C19H15N7O2S/c1-25-9-12(8-21-25)16-17(26-5-3-2-4-14(26)23-16)24-18(28)11-6-13-19(20-7-11)29-10-15(27)22-13/h2-9H,10H2,1H3,(H,22,27)(H,24,28). The zero-order valence-corrected chi connectivity index (χ0v) is 16.1. The number of nitrogens with one attached hydrogen (secondary N) is 2. The molecule has 9 nitrogen and oxygen atoms in total. The molecule has 4 aromatic rings. The van der Waals surface area contributed by atoms with Crippen LogP contribution in [0.3, 0.4) is 0 Å². The van der Waals surface area contributed by atoms with E-state index in [9.17, 15) is 9.59 Å². The van der Waals surface area contributed by atoms with Crippen LogP contribution in [0.1, 0.15) is 10.4 Å². The molecule has 144 valence electrons. The summed E-state index contributed by atoms with van der Waals surface area (Å²) < 4.78 is 3.49. The van der Waals surface area contributed by atoms with Gasteiger partial charge in [-0.15, -0.1) is 0 Å². The number of aryl methyl sites for hydroxylation is 1. The van der Waals surface area contributed by atoms with Gasteiger partial charge in [0.25, 0.3) is 5.91 Å². The Kier molecular flexibility index (Phi) is 4.06. The fraction of sp³-hybridized carbons (Fsp3) is 0.105. The number of carbonyl (C=O) groups is 2. The monoisotopic (exact) mass is 405 g/mol. The molecular weight excluding hydrogens is 390 g/mol. The Balaban J connectivity index is 1.54. The van der Waals surface area contributed by atoms with Gasteiger partial charge in [0.2, 0.25) is 5.91 Å². The lowest BCUT2D eigenvalue weighted by molar-refractivity contribution is -0.113. The van der Waals surface area contributed by atoms with Crippen molar-refractivity contribution in [1.29, 1.82) is 0 Å². The van der Waals surface area contributed by atoms with Crippen molar-refractivity contribution in [2.24, 2.45) is 7.05 Å². The highest BCUT2D eigenvalue weighted by Crippen LogP contribution is 2.31. The number of fused-ring (bicyclic) bond motifs is 2. The van der Waals surface area contributed by atoms with E-state index < -0.39 is 0 Å². The molecule has 0 aliphatic carbocycles. The molecule has 0 atom stereocenters. The summed E-state index contributed by atoms with van der Waals surface area (Å²) in [6.07, 6.45) is 6.88. The average molecular weight is 405 g/mol. The fourth-order valence-electron chi connectivity index (χ4n) is 3.14. The van der Waals surface area contributed by atoms with Crippen molar-refractivity contribution in [1.82, 2.24) is 24.1 Å². The maximum atomic E-state index is 13.0. The molecule has 0 fully saturated rings. The van der Waals surface area contributed by atoms with E-state index in [0.717, 1.165) is 5.56 Å². The SMILES string of the molecule is Cn1cc(-c2nc3ccccn3c2NC(=O)c2cnc3c(c2)NC(=O)CS3)cn1. The van der Waals surface area contributed by atoms with Gasteiger partial charge >= 0.3 is 0 Å². The number of aromatic nitrogens is 5. The van der Waals surface area contributed by atoms with Gasteiger partial charge in [0, 0.05) is 31.2 Å². The molecule has 0 unspecified atom stereocenters. The molecule has 2 amide bonds. The third-order valence-corrected chi connectivity index (χ3v) is 5.47. The van der Waals surface area contributed by atoms with Gasteiger partial charge in [-0.1, -0.05) is 17.8 Å². The van der Waals surface area contributed by atoms with E-state index in [4.69, 9.17) is 0 Å². The molecule has 0 spiro atoms. The summed E-state index contributed by atoms with van der Waals surface area (Å²) in [7, 11) is 1.82. The number of thioether (sulfide) groups is 1. The average Bonchev–Trinajstić information content (AvgIpc) is 3.31. The Bertz CT molecular complexity index is 1280. The minimum atomic E-state index is -0.346. The summed E-state index contributed by atoms with van der Waals surface area (Å²) >= 11 is 1.35. The number of rotatable bonds is 3. The topological polar surface area (TPSA) is 106 Å². The quantitative estimate of drug-likeness (QED) is 0.542. The summed E-state index contributed by atoms with van der Waals surface area (Å²) in [6, 6.07) is 7.25. The number of amides is 2. The maximum absolute atomic E-state index is 13.0. The first-order valence-electron chi connectivity index (χ1n) is 8.78. The molecule has 4 aromatic heterocycles. The van der Waals surface area contributed by atoms with Crippen molar-refractivity contribution in [2.75, 3.05) is 16.4 Å². The van der Waals surface area contributed by atoms with Crippen LogP contribution in [-0.2, 0) is 11.8 Å². The lowest BCUT2D eigenvalue weighted by Crippen LogP contribution is -2.21. The van der Waals surface area contributed by atoms with Gasteiger partial charge in [-0.2, -0.15) is 5.10 Å². The zero-order chi connectivity index (χ0) is 20.0. The molecule has 0 aromatic carbocycles. The first kappa shape index (κ1) is 17.4. The molecule has 5 rings (SSSR count). The van der Waals surface area contributed by atoms with Crippen molar-refractivity contribution in [3.8, 4) is 11.3 Å². The lowest BCUT2D eigenvalue weighted by atomic mass is 10.2. The first-order chi connectivity index (χ1) is 14.1. The van der Waals surface area contributed by atoms with Crippen LogP contribution in [0.25, 0.3) is 16.9 Å². The highest BCUT2D eigenvalue weighted by molar-refractivity contribution is 8.00. The lowest BCUT2D eigenvalue weighted by Gasteiger charge is -2.16. The highest BCUT2D eigenvalue weighted by Gasteiger charge is 2.21. The van der Waals surface area contributed by atoms with E-state index in [0.29, 0.717) is 39.2 Å². The van der Waals surface area contributed by atoms with Crippen LogP contribution in [-0.4, -0.2) is 41.7 Å². The summed E-state index contributed by atoms with van der Waals surface area (Å²) in [5.74, 6) is 0.403. The number of hydrogen-bond acceptors (Lipinski definition) is 6. The molecule has 2 N–H and O–H groups in total. The fourth-order valence-corrected chi connectivity index (χ4v) is 3.87. The summed E-state index contributed by atoms with van der Waals surface area (Å²) in [4.78, 5) is 33.6. The Morgan fingerprint density at radius 1 is 1.31 bits per heavy atom. The van der Waals surface area contributed by atoms with Gasteiger partial charge in [0.05, 0.1) is 23.2 Å². The second-order valence-electron chi connectivity index (χ2n) is 6.51. The highest BCUT2D eigenvalue weighted by atomic mass is 32.2. The largest absolute Gasteiger partial charge is 0.323 e. The van der Waals surface area contributed by atoms with Crippen LogP contribution >= 0.6 is 11.8 Å². The predicted octanol–water partition coefficient (Wildman–Crippen LogP) is 2.43. The molecule has 1 aliphatic rings. The number of anilines is 2. The van der Waals surface area contributed by atoms with Gasteiger partial charge in [-0.25, -0.2) is 9.97 Å². The summed E-state index contributed by atoms with van der Waals surface area (Å²) in [5, 5.41) is 10.6. The number of nitrogens with zero attached hydrogens (tertiary/aromatic N) is 5. The molecule has 29 heavy (non-hydrogen) atoms. The molecule has 0 saturated carbocycles. The van der Waals surface area contributed by atoms with Gasteiger partial charge in [0.15, 0.2) is 0 Å². The second-order valence-corrected chi connectivity index (χ2v) is 7.47. The minimum absolute atomic E-state index is 0.109. The van der Waals surface area contributed by atoms with Crippen molar-refractivity contribution in [2.45, 2.75) is 5.03 Å². The third-order valence-electron chi connectivity index (χ3n) is 4.47. The number of hydrogen-bond donors (Lipinski definition) is 2. The van der Waals surface area contributed by atoms with Crippen LogP contribution in [0.15, 0.2) is 54.1 Å². The molecular formula is C19H15N7O2S. The van der Waals surface area contributed by atoms with Gasteiger partial charge in [-0.05, 0) is 18.2 Å². The molecule has 10 heteroatoms. The van der Waals surface area contributed by atoms with Gasteiger partial charge < -0.3 is 10.6 Å². The van der Waals surface area contributed by atoms with Crippen molar-refractivity contribution in [3.63, 3.8) is 0 Å². The number of carbonyl (C=O) groups excluding carboxylic acids is 2. The van der Waals surface area contributed by atoms with E-state index in [1.807, 2.05) is 42.0 Å². The maximum Gasteiger partial charge on any atom is 0.258 e.